The molecule has 2 unspecified atom stereocenters. The lowest BCUT2D eigenvalue weighted by atomic mass is 10.1. The number of carbonyl (C=O) groups excluding carboxylic acids is 1. The third-order valence-electron chi connectivity index (χ3n) is 2.91. The maximum absolute atomic E-state index is 11.8. The minimum absolute atomic E-state index is 0.0494. The molecule has 1 amide bonds. The van der Waals surface area contributed by atoms with Crippen LogP contribution in [-0.2, 0) is 0 Å². The van der Waals surface area contributed by atoms with Gasteiger partial charge in [-0.05, 0) is 30.2 Å². The van der Waals surface area contributed by atoms with Crippen LogP contribution in [0.1, 0.15) is 28.9 Å². The molecule has 0 spiro atoms. The molecule has 2 atom stereocenters. The number of thiophene rings is 1. The SMILES string of the molecule is O=C(NCC1CCCC1Br)c1sccc1Cl. The van der Waals surface area contributed by atoms with Crippen LogP contribution in [0.25, 0.3) is 0 Å². The van der Waals surface area contributed by atoms with Crippen LogP contribution in [0.2, 0.25) is 5.02 Å². The molecule has 1 aromatic rings. The summed E-state index contributed by atoms with van der Waals surface area (Å²) in [7, 11) is 0. The van der Waals surface area contributed by atoms with Crippen molar-refractivity contribution in [2.24, 2.45) is 5.92 Å². The van der Waals surface area contributed by atoms with Crippen LogP contribution >= 0.6 is 38.9 Å². The van der Waals surface area contributed by atoms with Gasteiger partial charge in [0.25, 0.3) is 5.91 Å². The Hall–Kier alpha value is -0.0600. The Balaban J connectivity index is 1.86. The molecular weight excluding hydrogens is 310 g/mol. The number of hydrogen-bond donors (Lipinski definition) is 1. The Labute approximate surface area is 113 Å². The summed E-state index contributed by atoms with van der Waals surface area (Å²) in [5.41, 5.74) is 0. The molecule has 0 aliphatic heterocycles. The molecule has 0 bridgehead atoms. The fraction of sp³-hybridized carbons (Fsp3) is 0.545. The van der Waals surface area contributed by atoms with Gasteiger partial charge in [-0.1, -0.05) is 34.0 Å². The molecule has 0 aromatic carbocycles. The number of alkyl halides is 1. The van der Waals surface area contributed by atoms with Gasteiger partial charge in [0.1, 0.15) is 4.88 Å². The summed E-state index contributed by atoms with van der Waals surface area (Å²) >= 11 is 10.9. The second kappa shape index (κ2) is 5.52. The van der Waals surface area contributed by atoms with Crippen LogP contribution in [0, 0.1) is 5.92 Å². The van der Waals surface area contributed by atoms with Crippen molar-refractivity contribution in [2.45, 2.75) is 24.1 Å². The molecule has 88 valence electrons. The quantitative estimate of drug-likeness (QED) is 0.845. The lowest BCUT2D eigenvalue weighted by molar-refractivity contribution is 0.0952. The van der Waals surface area contributed by atoms with Crippen molar-refractivity contribution in [1.82, 2.24) is 5.32 Å². The molecule has 1 aromatic heterocycles. The highest BCUT2D eigenvalue weighted by Crippen LogP contribution is 2.31. The second-order valence-corrected chi connectivity index (χ2v) is 6.51. The molecule has 0 radical (unpaired) electrons. The van der Waals surface area contributed by atoms with E-state index in [0.717, 1.165) is 6.54 Å². The Bertz CT molecular complexity index is 382. The van der Waals surface area contributed by atoms with Crippen molar-refractivity contribution < 1.29 is 4.79 Å². The van der Waals surface area contributed by atoms with Crippen LogP contribution in [-0.4, -0.2) is 17.3 Å². The van der Waals surface area contributed by atoms with E-state index >= 15 is 0 Å². The average molecular weight is 323 g/mol. The summed E-state index contributed by atoms with van der Waals surface area (Å²) in [4.78, 5) is 13.0. The van der Waals surface area contributed by atoms with Crippen molar-refractivity contribution in [3.8, 4) is 0 Å². The first-order chi connectivity index (χ1) is 7.68. The van der Waals surface area contributed by atoms with E-state index < -0.39 is 0 Å². The van der Waals surface area contributed by atoms with E-state index in [9.17, 15) is 4.79 Å². The third kappa shape index (κ3) is 2.79. The standard InChI is InChI=1S/C11H13BrClNOS/c12-8-3-1-2-7(8)6-14-11(15)10-9(13)4-5-16-10/h4-5,7-8H,1-3,6H2,(H,14,15). The van der Waals surface area contributed by atoms with Crippen molar-refractivity contribution in [1.29, 1.82) is 0 Å². The molecule has 1 aliphatic rings. The van der Waals surface area contributed by atoms with E-state index in [1.54, 1.807) is 6.07 Å². The van der Waals surface area contributed by atoms with Gasteiger partial charge < -0.3 is 5.32 Å². The third-order valence-corrected chi connectivity index (χ3v) is 5.46. The van der Waals surface area contributed by atoms with Crippen LogP contribution in [0.4, 0.5) is 0 Å². The van der Waals surface area contributed by atoms with Crippen LogP contribution in [0.5, 0.6) is 0 Å². The van der Waals surface area contributed by atoms with Crippen LogP contribution in [0.15, 0.2) is 11.4 Å². The predicted octanol–water partition coefficient (Wildman–Crippen LogP) is 3.69. The predicted molar refractivity (Wildman–Crippen MR) is 71.7 cm³/mol. The minimum Gasteiger partial charge on any atom is -0.351 e. The van der Waals surface area contributed by atoms with E-state index in [1.165, 1.54) is 30.6 Å². The van der Waals surface area contributed by atoms with Gasteiger partial charge in [-0.25, -0.2) is 0 Å². The number of halogens is 2. The van der Waals surface area contributed by atoms with Gasteiger partial charge in [0.15, 0.2) is 0 Å². The molecular formula is C11H13BrClNOS. The fourth-order valence-corrected chi connectivity index (χ4v) is 3.81. The first-order valence-corrected chi connectivity index (χ1v) is 7.51. The van der Waals surface area contributed by atoms with Gasteiger partial charge in [-0.2, -0.15) is 0 Å². The zero-order chi connectivity index (χ0) is 11.5. The van der Waals surface area contributed by atoms with Crippen molar-refractivity contribution in [3.63, 3.8) is 0 Å². The number of rotatable bonds is 3. The fourth-order valence-electron chi connectivity index (χ4n) is 1.98. The normalized spacial score (nSPS) is 24.6. The second-order valence-electron chi connectivity index (χ2n) is 4.01. The lowest BCUT2D eigenvalue weighted by Gasteiger charge is -2.14. The summed E-state index contributed by atoms with van der Waals surface area (Å²) in [5, 5.41) is 5.33. The molecule has 16 heavy (non-hydrogen) atoms. The van der Waals surface area contributed by atoms with Gasteiger partial charge in [0, 0.05) is 11.4 Å². The lowest BCUT2D eigenvalue weighted by Crippen LogP contribution is -2.30. The molecule has 2 rings (SSSR count). The first kappa shape index (κ1) is 12.4. The van der Waals surface area contributed by atoms with Gasteiger partial charge in [0.05, 0.1) is 5.02 Å². The topological polar surface area (TPSA) is 29.1 Å². The number of nitrogens with one attached hydrogen (secondary N) is 1. The Kier molecular flexibility index (Phi) is 4.27. The van der Waals surface area contributed by atoms with Crippen molar-refractivity contribution in [3.05, 3.63) is 21.3 Å². The molecule has 1 saturated carbocycles. The molecule has 1 heterocycles. The Morgan fingerprint density at radius 3 is 3.00 bits per heavy atom. The minimum atomic E-state index is -0.0494. The zero-order valence-electron chi connectivity index (χ0n) is 8.71. The Morgan fingerprint density at radius 1 is 1.62 bits per heavy atom. The van der Waals surface area contributed by atoms with E-state index in [1.807, 2.05) is 5.38 Å². The summed E-state index contributed by atoms with van der Waals surface area (Å²) in [6.07, 6.45) is 3.64. The summed E-state index contributed by atoms with van der Waals surface area (Å²) in [5.74, 6) is 0.509. The summed E-state index contributed by atoms with van der Waals surface area (Å²) in [6, 6.07) is 1.75. The highest BCUT2D eigenvalue weighted by Gasteiger charge is 2.25. The maximum atomic E-state index is 11.8. The number of hydrogen-bond acceptors (Lipinski definition) is 2. The van der Waals surface area contributed by atoms with E-state index in [2.05, 4.69) is 21.2 Å². The Morgan fingerprint density at radius 2 is 2.44 bits per heavy atom. The van der Waals surface area contributed by atoms with E-state index in [-0.39, 0.29) is 5.91 Å². The zero-order valence-corrected chi connectivity index (χ0v) is 11.9. The van der Waals surface area contributed by atoms with Gasteiger partial charge in [0.2, 0.25) is 0 Å². The highest BCUT2D eigenvalue weighted by atomic mass is 79.9. The summed E-state index contributed by atoms with van der Waals surface area (Å²) in [6.45, 7) is 0.739. The van der Waals surface area contributed by atoms with Gasteiger partial charge in [-0.15, -0.1) is 11.3 Å². The first-order valence-electron chi connectivity index (χ1n) is 5.33. The van der Waals surface area contributed by atoms with Gasteiger partial charge >= 0.3 is 0 Å². The molecule has 5 heteroatoms. The highest BCUT2D eigenvalue weighted by molar-refractivity contribution is 9.09. The van der Waals surface area contributed by atoms with Crippen LogP contribution in [0.3, 0.4) is 0 Å². The largest absolute Gasteiger partial charge is 0.351 e. The monoisotopic (exact) mass is 321 g/mol. The number of amides is 1. The van der Waals surface area contributed by atoms with E-state index in [4.69, 9.17) is 11.6 Å². The van der Waals surface area contributed by atoms with E-state index in [0.29, 0.717) is 20.6 Å². The van der Waals surface area contributed by atoms with Gasteiger partial charge in [-0.3, -0.25) is 4.79 Å². The van der Waals surface area contributed by atoms with Crippen molar-refractivity contribution in [2.75, 3.05) is 6.54 Å². The van der Waals surface area contributed by atoms with Crippen molar-refractivity contribution >= 4 is 44.8 Å². The van der Waals surface area contributed by atoms with Crippen LogP contribution < -0.4 is 5.32 Å². The smallest absolute Gasteiger partial charge is 0.262 e. The number of carbonyl (C=O) groups is 1. The molecule has 0 saturated heterocycles. The molecule has 1 fully saturated rings. The molecule has 1 aliphatic carbocycles. The average Bonchev–Trinajstić information content (AvgIpc) is 2.84. The molecule has 1 N–H and O–H groups in total. The molecule has 2 nitrogen and oxygen atoms in total. The maximum Gasteiger partial charge on any atom is 0.262 e. The summed E-state index contributed by atoms with van der Waals surface area (Å²) < 4.78 is 0.